The highest BCUT2D eigenvalue weighted by Crippen LogP contribution is 2.34. The first-order chi connectivity index (χ1) is 6.66. The van der Waals surface area contributed by atoms with Crippen LogP contribution in [-0.2, 0) is 10.9 Å². The molecule has 1 aliphatic carbocycles. The number of amides is 2. The zero-order valence-electron chi connectivity index (χ0n) is 7.46. The van der Waals surface area contributed by atoms with E-state index in [1.807, 2.05) is 10.9 Å². The maximum atomic E-state index is 10.5. The quantitative estimate of drug-likeness (QED) is 0.740. The van der Waals surface area contributed by atoms with Crippen LogP contribution in [0.1, 0.15) is 18.9 Å². The van der Waals surface area contributed by atoms with E-state index in [0.29, 0.717) is 11.1 Å². The third-order valence-electron chi connectivity index (χ3n) is 1.91. The van der Waals surface area contributed by atoms with E-state index in [9.17, 15) is 4.79 Å². The average Bonchev–Trinajstić information content (AvgIpc) is 2.82. The van der Waals surface area contributed by atoms with Crippen LogP contribution in [-0.4, -0.2) is 15.8 Å². The Balaban J connectivity index is 2.19. The number of nitrogens with zero attached hydrogens (tertiary/aromatic N) is 3. The number of carbonyl (C=O) groups is 1. The van der Waals surface area contributed by atoms with Crippen molar-refractivity contribution in [1.29, 1.82) is 0 Å². The van der Waals surface area contributed by atoms with Gasteiger partial charge in [-0.2, -0.15) is 9.46 Å². The number of hydrogen-bond acceptors (Lipinski definition) is 2. The molecular weight excluding hydrogens is 202 g/mol. The molecule has 7 heteroatoms. The van der Waals surface area contributed by atoms with Crippen molar-refractivity contribution < 1.29 is 4.79 Å². The molecule has 6 nitrogen and oxygen atoms in total. The highest BCUT2D eigenvalue weighted by atomic mass is 32.2. The summed E-state index contributed by atoms with van der Waals surface area (Å²) in [5.74, 6) is 0. The molecule has 2 amide bonds. The van der Waals surface area contributed by atoms with Crippen molar-refractivity contribution in [3.05, 3.63) is 12.3 Å². The molecule has 1 aliphatic rings. The standard InChI is InChI=1S/C7H11N5OS/c8-7(13)11-14(9)6-3-4-12(10-6)5-1-2-5/h3-5H,1-2H2,(H4,8,9,11,13). The minimum atomic E-state index is -1.01. The molecule has 0 spiro atoms. The number of rotatable bonds is 2. The van der Waals surface area contributed by atoms with Crippen molar-refractivity contribution in [2.45, 2.75) is 23.9 Å². The molecule has 0 bridgehead atoms. The second kappa shape index (κ2) is 3.50. The van der Waals surface area contributed by atoms with Gasteiger partial charge in [-0.05, 0) is 18.9 Å². The second-order valence-electron chi connectivity index (χ2n) is 3.11. The highest BCUT2D eigenvalue weighted by Gasteiger charge is 2.24. The van der Waals surface area contributed by atoms with Gasteiger partial charge in [0, 0.05) is 17.1 Å². The van der Waals surface area contributed by atoms with Crippen LogP contribution >= 0.6 is 0 Å². The summed E-state index contributed by atoms with van der Waals surface area (Å²) in [5, 5.41) is 10.4. The fraction of sp³-hybridized carbons (Fsp3) is 0.429. The molecule has 14 heavy (non-hydrogen) atoms. The van der Waals surface area contributed by atoms with Gasteiger partial charge in [0.2, 0.25) is 0 Å². The van der Waals surface area contributed by atoms with Gasteiger partial charge >= 0.3 is 6.03 Å². The summed E-state index contributed by atoms with van der Waals surface area (Å²) >= 11 is 0. The monoisotopic (exact) mass is 213 g/mol. The van der Waals surface area contributed by atoms with Crippen molar-refractivity contribution in [3.8, 4) is 0 Å². The lowest BCUT2D eigenvalue weighted by Gasteiger charge is -1.96. The number of urea groups is 1. The SMILES string of the molecule is NC(=O)/N=S(/N)c1ccn(C2CC2)n1. The number of primary amides is 1. The predicted molar refractivity (Wildman–Crippen MR) is 52.3 cm³/mol. The molecule has 0 aliphatic heterocycles. The normalized spacial score (nSPS) is 18.4. The van der Waals surface area contributed by atoms with Crippen LogP contribution in [0, 0.1) is 0 Å². The third-order valence-corrected chi connectivity index (χ3v) is 2.93. The van der Waals surface area contributed by atoms with E-state index in [1.165, 1.54) is 0 Å². The molecule has 0 aromatic carbocycles. The van der Waals surface area contributed by atoms with Crippen LogP contribution < -0.4 is 10.9 Å². The lowest BCUT2D eigenvalue weighted by atomic mass is 10.7. The molecule has 4 N–H and O–H groups in total. The Morgan fingerprint density at radius 2 is 2.43 bits per heavy atom. The molecule has 1 fully saturated rings. The molecule has 0 radical (unpaired) electrons. The van der Waals surface area contributed by atoms with Crippen molar-refractivity contribution in [2.75, 3.05) is 0 Å². The van der Waals surface area contributed by atoms with Crippen LogP contribution in [0.2, 0.25) is 0 Å². The van der Waals surface area contributed by atoms with Crippen LogP contribution in [0.25, 0.3) is 0 Å². The molecule has 0 saturated heterocycles. The smallest absolute Gasteiger partial charge is 0.345 e. The Labute approximate surface area is 83.5 Å². The molecular formula is C7H11N5OS. The van der Waals surface area contributed by atoms with Crippen molar-refractivity contribution in [3.63, 3.8) is 0 Å². The summed E-state index contributed by atoms with van der Waals surface area (Å²) in [6.07, 6.45) is 4.18. The van der Waals surface area contributed by atoms with Crippen molar-refractivity contribution in [1.82, 2.24) is 9.78 Å². The van der Waals surface area contributed by atoms with Crippen LogP contribution in [0.3, 0.4) is 0 Å². The fourth-order valence-corrected chi connectivity index (χ4v) is 1.78. The second-order valence-corrected chi connectivity index (χ2v) is 4.34. The largest absolute Gasteiger partial charge is 0.349 e. The number of carbonyl (C=O) groups excluding carboxylic acids is 1. The number of hydrogen-bond donors (Lipinski definition) is 2. The van der Waals surface area contributed by atoms with Crippen molar-refractivity contribution >= 4 is 16.9 Å². The highest BCUT2D eigenvalue weighted by molar-refractivity contribution is 7.85. The predicted octanol–water partition coefficient (Wildman–Crippen LogP) is 0.331. The van der Waals surface area contributed by atoms with Gasteiger partial charge in [0.1, 0.15) is 5.03 Å². The van der Waals surface area contributed by atoms with Gasteiger partial charge in [-0.3, -0.25) is 9.82 Å². The van der Waals surface area contributed by atoms with Gasteiger partial charge < -0.3 is 5.73 Å². The maximum Gasteiger partial charge on any atom is 0.345 e. The van der Waals surface area contributed by atoms with Gasteiger partial charge in [0.05, 0.1) is 6.04 Å². The van der Waals surface area contributed by atoms with Crippen LogP contribution in [0.5, 0.6) is 0 Å². The van der Waals surface area contributed by atoms with Gasteiger partial charge in [-0.1, -0.05) is 0 Å². The number of nitrogens with two attached hydrogens (primary N) is 2. The summed E-state index contributed by atoms with van der Waals surface area (Å²) in [7, 11) is -1.01. The third kappa shape index (κ3) is 1.99. The van der Waals surface area contributed by atoms with Gasteiger partial charge in [-0.25, -0.2) is 4.79 Å². The topological polar surface area (TPSA) is 99.3 Å². The molecule has 1 aromatic rings. The Morgan fingerprint density at radius 1 is 1.71 bits per heavy atom. The minimum absolute atomic E-state index is 0.509. The molecule has 1 atom stereocenters. The number of aromatic nitrogens is 2. The Kier molecular flexibility index (Phi) is 2.34. The first kappa shape index (κ1) is 9.35. The Bertz CT molecular complexity index is 395. The lowest BCUT2D eigenvalue weighted by Crippen LogP contribution is -2.12. The summed E-state index contributed by atoms with van der Waals surface area (Å²) in [6, 6.07) is 1.53. The summed E-state index contributed by atoms with van der Waals surface area (Å²) in [6.45, 7) is 0. The van der Waals surface area contributed by atoms with E-state index < -0.39 is 16.9 Å². The molecule has 1 unspecified atom stereocenters. The first-order valence-corrected chi connectivity index (χ1v) is 5.46. The lowest BCUT2D eigenvalue weighted by molar-refractivity contribution is 0.257. The average molecular weight is 213 g/mol. The zero-order chi connectivity index (χ0) is 10.1. The molecule has 76 valence electrons. The minimum Gasteiger partial charge on any atom is -0.349 e. The van der Waals surface area contributed by atoms with E-state index in [1.54, 1.807) is 6.07 Å². The van der Waals surface area contributed by atoms with E-state index in [-0.39, 0.29) is 0 Å². The van der Waals surface area contributed by atoms with Crippen molar-refractivity contribution in [2.24, 2.45) is 15.2 Å². The summed E-state index contributed by atoms with van der Waals surface area (Å²) in [4.78, 5) is 10.5. The maximum absolute atomic E-state index is 10.5. The van der Waals surface area contributed by atoms with E-state index in [4.69, 9.17) is 10.9 Å². The van der Waals surface area contributed by atoms with Gasteiger partial charge in [0.15, 0.2) is 0 Å². The van der Waals surface area contributed by atoms with Gasteiger partial charge in [0.25, 0.3) is 0 Å². The van der Waals surface area contributed by atoms with E-state index in [0.717, 1.165) is 12.8 Å². The fourth-order valence-electron chi connectivity index (χ4n) is 1.12. The molecule has 2 rings (SSSR count). The summed E-state index contributed by atoms with van der Waals surface area (Å²) in [5.41, 5.74) is 4.90. The molecule has 1 aromatic heterocycles. The Morgan fingerprint density at radius 3 is 3.00 bits per heavy atom. The zero-order valence-corrected chi connectivity index (χ0v) is 8.28. The van der Waals surface area contributed by atoms with Crippen LogP contribution in [0.4, 0.5) is 4.79 Å². The van der Waals surface area contributed by atoms with Crippen LogP contribution in [0.15, 0.2) is 21.7 Å². The Hall–Kier alpha value is -1.21. The van der Waals surface area contributed by atoms with E-state index >= 15 is 0 Å². The van der Waals surface area contributed by atoms with Gasteiger partial charge in [-0.15, -0.1) is 0 Å². The molecule has 1 saturated carbocycles. The summed E-state index contributed by atoms with van der Waals surface area (Å²) < 4.78 is 5.37. The first-order valence-electron chi connectivity index (χ1n) is 4.22. The molecule has 1 heterocycles. The van der Waals surface area contributed by atoms with E-state index in [2.05, 4.69) is 9.46 Å².